The Morgan fingerprint density at radius 1 is 0.474 bits per heavy atom. The number of nitrogens with zero attached hydrogens (tertiary/aromatic N) is 2. The third kappa shape index (κ3) is 5.26. The maximum atomic E-state index is 5.17. The van der Waals surface area contributed by atoms with E-state index < -0.39 is 0 Å². The van der Waals surface area contributed by atoms with Crippen molar-refractivity contribution in [3.63, 3.8) is 0 Å². The second-order valence-corrected chi connectivity index (χ2v) is 16.9. The third-order valence-electron chi connectivity index (χ3n) is 11.5. The number of aromatic nitrogens is 1. The molecular formula is C51H34N4S2. The first-order valence-corrected chi connectivity index (χ1v) is 21.0. The van der Waals surface area contributed by atoms with Crippen LogP contribution < -0.4 is 10.6 Å². The summed E-state index contributed by atoms with van der Waals surface area (Å²) in [5.74, 6) is 0.892. The van der Waals surface area contributed by atoms with E-state index in [1.54, 1.807) is 0 Å². The van der Waals surface area contributed by atoms with Crippen LogP contribution in [0, 0.1) is 0 Å². The van der Waals surface area contributed by atoms with E-state index in [0.29, 0.717) is 0 Å². The molecule has 4 nitrogen and oxygen atoms in total. The Bertz CT molecular complexity index is 3320. The number of benzene rings is 8. The molecule has 270 valence electrons. The summed E-state index contributed by atoms with van der Waals surface area (Å²) >= 11 is 3.75. The van der Waals surface area contributed by atoms with Gasteiger partial charge in [-0.3, -0.25) is 5.32 Å². The monoisotopic (exact) mass is 766 g/mol. The molecule has 0 amide bonds. The van der Waals surface area contributed by atoms with Crippen molar-refractivity contribution in [2.75, 3.05) is 0 Å². The highest BCUT2D eigenvalue weighted by Gasteiger charge is 2.27. The molecule has 1 aliphatic rings. The average molecular weight is 767 g/mol. The topological polar surface area (TPSA) is 41.4 Å². The minimum absolute atomic E-state index is 0.147. The molecule has 0 radical (unpaired) electrons. The number of rotatable bonds is 5. The first kappa shape index (κ1) is 32.7. The highest BCUT2D eigenvalue weighted by molar-refractivity contribution is 7.26. The van der Waals surface area contributed by atoms with Crippen molar-refractivity contribution in [3.05, 3.63) is 199 Å². The fourth-order valence-corrected chi connectivity index (χ4v) is 11.2. The van der Waals surface area contributed by atoms with Gasteiger partial charge in [-0.1, -0.05) is 140 Å². The Hall–Kier alpha value is -6.57. The number of amidine groups is 1. The highest BCUT2D eigenvalue weighted by atomic mass is 32.1. The largest absolute Gasteiger partial charge is 0.350 e. The molecule has 57 heavy (non-hydrogen) atoms. The van der Waals surface area contributed by atoms with Crippen LogP contribution in [0.4, 0.5) is 0 Å². The van der Waals surface area contributed by atoms with Crippen LogP contribution >= 0.6 is 22.7 Å². The van der Waals surface area contributed by atoms with Gasteiger partial charge in [0.05, 0.1) is 21.4 Å². The van der Waals surface area contributed by atoms with Crippen LogP contribution in [0.15, 0.2) is 187 Å². The lowest BCUT2D eigenvalue weighted by molar-refractivity contribution is 0.411. The lowest BCUT2D eigenvalue weighted by Crippen LogP contribution is -2.45. The molecule has 1 aliphatic heterocycles. The highest BCUT2D eigenvalue weighted by Crippen LogP contribution is 2.44. The van der Waals surface area contributed by atoms with Gasteiger partial charge in [0, 0.05) is 52.0 Å². The van der Waals surface area contributed by atoms with Crippen molar-refractivity contribution >= 4 is 90.7 Å². The number of aliphatic imine (C=N–C) groups is 1. The number of fused-ring (bicyclic) bond motifs is 9. The Morgan fingerprint density at radius 3 is 1.96 bits per heavy atom. The van der Waals surface area contributed by atoms with E-state index in [4.69, 9.17) is 4.99 Å². The minimum Gasteiger partial charge on any atom is -0.350 e. The molecule has 8 aromatic carbocycles. The Kier molecular flexibility index (Phi) is 7.45. The molecule has 4 heterocycles. The van der Waals surface area contributed by atoms with E-state index in [1.165, 1.54) is 84.5 Å². The lowest BCUT2D eigenvalue weighted by Gasteiger charge is -2.32. The summed E-state index contributed by atoms with van der Waals surface area (Å²) in [7, 11) is 0. The SMILES string of the molecule is c1ccc(C2=NC(c3ccccc3)NC(c3cccc4sc5ccc(-c6ccc7c(c6)sc6c(-n8c9ccccc9c9ccccc98)cccc67)cc5c34)N2)cc1. The predicted molar refractivity (Wildman–Crippen MR) is 243 cm³/mol. The van der Waals surface area contributed by atoms with Gasteiger partial charge in [0.1, 0.15) is 18.2 Å². The van der Waals surface area contributed by atoms with Crippen LogP contribution in [0.5, 0.6) is 0 Å². The number of thiophene rings is 2. The summed E-state index contributed by atoms with van der Waals surface area (Å²) in [4.78, 5) is 5.17. The number of hydrogen-bond donors (Lipinski definition) is 2. The number of nitrogens with one attached hydrogen (secondary N) is 2. The van der Waals surface area contributed by atoms with Gasteiger partial charge in [0.15, 0.2) is 0 Å². The van der Waals surface area contributed by atoms with Crippen molar-refractivity contribution in [2.24, 2.45) is 4.99 Å². The first-order valence-electron chi connectivity index (χ1n) is 19.4. The van der Waals surface area contributed by atoms with E-state index in [9.17, 15) is 0 Å². The molecule has 6 heteroatoms. The van der Waals surface area contributed by atoms with Gasteiger partial charge in [-0.15, -0.1) is 22.7 Å². The maximum absolute atomic E-state index is 5.17. The fourth-order valence-electron chi connectivity index (χ4n) is 8.86. The quantitative estimate of drug-likeness (QED) is 0.183. The summed E-state index contributed by atoms with van der Waals surface area (Å²) in [6.07, 6.45) is -0.335. The summed E-state index contributed by atoms with van der Waals surface area (Å²) in [5, 5.41) is 15.4. The van der Waals surface area contributed by atoms with E-state index >= 15 is 0 Å². The van der Waals surface area contributed by atoms with E-state index in [2.05, 4.69) is 197 Å². The predicted octanol–water partition coefficient (Wildman–Crippen LogP) is 13.5. The molecule has 12 rings (SSSR count). The summed E-state index contributed by atoms with van der Waals surface area (Å²) in [6, 6.07) is 66.0. The second kappa shape index (κ2) is 13.0. The zero-order valence-electron chi connectivity index (χ0n) is 30.7. The van der Waals surface area contributed by atoms with Crippen LogP contribution in [-0.4, -0.2) is 10.4 Å². The van der Waals surface area contributed by atoms with Crippen LogP contribution in [0.2, 0.25) is 0 Å². The second-order valence-electron chi connectivity index (χ2n) is 14.8. The number of hydrogen-bond acceptors (Lipinski definition) is 5. The van der Waals surface area contributed by atoms with Gasteiger partial charge in [-0.2, -0.15) is 0 Å². The molecule has 2 atom stereocenters. The summed E-state index contributed by atoms with van der Waals surface area (Å²) in [6.45, 7) is 0. The van der Waals surface area contributed by atoms with Gasteiger partial charge in [-0.05, 0) is 64.7 Å². The lowest BCUT2D eigenvalue weighted by atomic mass is 9.98. The van der Waals surface area contributed by atoms with Crippen LogP contribution in [0.1, 0.15) is 29.0 Å². The maximum Gasteiger partial charge on any atom is 0.131 e. The van der Waals surface area contributed by atoms with Crippen molar-refractivity contribution in [1.82, 2.24) is 15.2 Å². The van der Waals surface area contributed by atoms with E-state index in [0.717, 1.165) is 17.0 Å². The molecule has 0 spiro atoms. The number of para-hydroxylation sites is 2. The van der Waals surface area contributed by atoms with Crippen molar-refractivity contribution < 1.29 is 0 Å². The van der Waals surface area contributed by atoms with E-state index in [-0.39, 0.29) is 12.3 Å². The van der Waals surface area contributed by atoms with Crippen molar-refractivity contribution in [1.29, 1.82) is 0 Å². The van der Waals surface area contributed by atoms with Gasteiger partial charge in [0.25, 0.3) is 0 Å². The molecule has 0 bridgehead atoms. The smallest absolute Gasteiger partial charge is 0.131 e. The zero-order chi connectivity index (χ0) is 37.5. The van der Waals surface area contributed by atoms with Crippen LogP contribution in [-0.2, 0) is 0 Å². The van der Waals surface area contributed by atoms with Gasteiger partial charge >= 0.3 is 0 Å². The normalized spacial score (nSPS) is 15.9. The Labute approximate surface area is 337 Å². The summed E-state index contributed by atoms with van der Waals surface area (Å²) < 4.78 is 7.61. The van der Waals surface area contributed by atoms with Crippen LogP contribution in [0.25, 0.3) is 79.0 Å². The molecule has 0 aliphatic carbocycles. The average Bonchev–Trinajstić information content (AvgIpc) is 3.96. The third-order valence-corrected chi connectivity index (χ3v) is 13.8. The molecule has 0 saturated heterocycles. The molecular weight excluding hydrogens is 733 g/mol. The Balaban J connectivity index is 0.975. The summed E-state index contributed by atoms with van der Waals surface area (Å²) in [5.41, 5.74) is 9.58. The van der Waals surface area contributed by atoms with Gasteiger partial charge in [-0.25, -0.2) is 4.99 Å². The standard InChI is InChI=1S/C51H34N4S2/c1-3-13-31(14-4-1)49-52-50(32-15-5-2-6-16-32)54-51(53-49)39-20-12-24-45-47(39)40-29-33(26-28-44(40)56-45)34-25-27-37-38-19-11-23-43(48(38)57-46(37)30-34)55-41-21-9-7-17-35(41)36-18-8-10-22-42(36)55/h1-30,49,51,53H,(H,52,54). The molecule has 2 N–H and O–H groups in total. The fraction of sp³-hybridized carbons (Fsp3) is 0.0392. The van der Waals surface area contributed by atoms with Gasteiger partial charge < -0.3 is 9.88 Å². The van der Waals surface area contributed by atoms with Crippen molar-refractivity contribution in [3.8, 4) is 16.8 Å². The molecule has 0 fully saturated rings. The molecule has 11 aromatic rings. The van der Waals surface area contributed by atoms with Crippen molar-refractivity contribution in [2.45, 2.75) is 12.3 Å². The molecule has 0 saturated carbocycles. The van der Waals surface area contributed by atoms with Gasteiger partial charge in [0.2, 0.25) is 0 Å². The van der Waals surface area contributed by atoms with E-state index in [1.807, 2.05) is 22.7 Å². The zero-order valence-corrected chi connectivity index (χ0v) is 32.3. The molecule has 2 unspecified atom stereocenters. The van der Waals surface area contributed by atoms with Crippen LogP contribution in [0.3, 0.4) is 0 Å². The Morgan fingerprint density at radius 2 is 1.16 bits per heavy atom. The first-order chi connectivity index (χ1) is 28.2. The molecule has 3 aromatic heterocycles. The minimum atomic E-state index is -0.188.